The Morgan fingerprint density at radius 1 is 1.31 bits per heavy atom. The predicted octanol–water partition coefficient (Wildman–Crippen LogP) is 0.557. The van der Waals surface area contributed by atoms with E-state index in [1.54, 1.807) is 0 Å². The van der Waals surface area contributed by atoms with Gasteiger partial charge in [0.25, 0.3) is 0 Å². The van der Waals surface area contributed by atoms with Gasteiger partial charge in [0.15, 0.2) is 0 Å². The van der Waals surface area contributed by atoms with Gasteiger partial charge in [-0.15, -0.1) is 0 Å². The Labute approximate surface area is 77.5 Å². The van der Waals surface area contributed by atoms with Gasteiger partial charge >= 0.3 is 12.0 Å². The van der Waals surface area contributed by atoms with Crippen molar-refractivity contribution in [1.82, 2.24) is 10.6 Å². The first-order valence-electron chi connectivity index (χ1n) is 4.27. The number of urea groups is 1. The summed E-state index contributed by atoms with van der Waals surface area (Å²) >= 11 is 0. The molecule has 76 valence electrons. The smallest absolute Gasteiger partial charge is 0.325 e. The molecule has 0 heterocycles. The third-order valence-corrected chi connectivity index (χ3v) is 1.71. The molecule has 2 atom stereocenters. The zero-order valence-electron chi connectivity index (χ0n) is 8.13. The summed E-state index contributed by atoms with van der Waals surface area (Å²) in [6.07, 6.45) is 0.814. The van der Waals surface area contributed by atoms with Crippen molar-refractivity contribution >= 4 is 12.0 Å². The topological polar surface area (TPSA) is 78.4 Å². The van der Waals surface area contributed by atoms with E-state index in [0.717, 1.165) is 6.42 Å². The maximum atomic E-state index is 11.0. The van der Waals surface area contributed by atoms with E-state index in [-0.39, 0.29) is 6.04 Å². The molecule has 3 N–H and O–H groups in total. The van der Waals surface area contributed by atoms with Crippen LogP contribution >= 0.6 is 0 Å². The van der Waals surface area contributed by atoms with Gasteiger partial charge in [0, 0.05) is 6.04 Å². The standard InChI is InChI=1S/C8H16N2O3/c1-4-5(2)9-8(13)10-6(3)7(11)12/h5-6H,4H2,1-3H3,(H,11,12)(H2,9,10,13). The average Bonchev–Trinajstić information content (AvgIpc) is 2.03. The van der Waals surface area contributed by atoms with Gasteiger partial charge in [-0.25, -0.2) is 4.79 Å². The lowest BCUT2D eigenvalue weighted by atomic mass is 10.3. The second-order valence-electron chi connectivity index (χ2n) is 2.99. The second-order valence-corrected chi connectivity index (χ2v) is 2.99. The maximum Gasteiger partial charge on any atom is 0.325 e. The minimum atomic E-state index is -1.04. The molecule has 0 aliphatic carbocycles. The van der Waals surface area contributed by atoms with Gasteiger partial charge in [0.05, 0.1) is 0 Å². The first kappa shape index (κ1) is 11.7. The zero-order chi connectivity index (χ0) is 10.4. The summed E-state index contributed by atoms with van der Waals surface area (Å²) in [5.41, 5.74) is 0. The van der Waals surface area contributed by atoms with Crippen LogP contribution in [0.1, 0.15) is 27.2 Å². The summed E-state index contributed by atoms with van der Waals surface area (Å²) in [7, 11) is 0. The molecule has 0 aliphatic heterocycles. The number of rotatable bonds is 4. The van der Waals surface area contributed by atoms with E-state index < -0.39 is 18.0 Å². The fourth-order valence-electron chi connectivity index (χ4n) is 0.626. The van der Waals surface area contributed by atoms with E-state index in [4.69, 9.17) is 5.11 Å². The van der Waals surface area contributed by atoms with E-state index >= 15 is 0 Å². The number of carboxylic acids is 1. The van der Waals surface area contributed by atoms with Crippen LogP contribution in [0.15, 0.2) is 0 Å². The highest BCUT2D eigenvalue weighted by Crippen LogP contribution is 1.88. The van der Waals surface area contributed by atoms with Crippen molar-refractivity contribution in [2.24, 2.45) is 0 Å². The van der Waals surface area contributed by atoms with Crippen molar-refractivity contribution in [2.45, 2.75) is 39.3 Å². The fourth-order valence-corrected chi connectivity index (χ4v) is 0.626. The molecule has 0 aromatic heterocycles. The van der Waals surface area contributed by atoms with Gasteiger partial charge in [0.2, 0.25) is 0 Å². The normalized spacial score (nSPS) is 14.4. The quantitative estimate of drug-likeness (QED) is 0.603. The zero-order valence-corrected chi connectivity index (χ0v) is 8.13. The summed E-state index contributed by atoms with van der Waals surface area (Å²) in [5, 5.41) is 13.4. The van der Waals surface area contributed by atoms with E-state index in [9.17, 15) is 9.59 Å². The number of aliphatic carboxylic acids is 1. The van der Waals surface area contributed by atoms with Crippen LogP contribution < -0.4 is 10.6 Å². The molecular formula is C8H16N2O3. The molecule has 0 radical (unpaired) electrons. The third-order valence-electron chi connectivity index (χ3n) is 1.71. The molecule has 0 aromatic rings. The van der Waals surface area contributed by atoms with Crippen molar-refractivity contribution in [3.63, 3.8) is 0 Å². The average molecular weight is 188 g/mol. The van der Waals surface area contributed by atoms with Crippen LogP contribution in [0.4, 0.5) is 4.79 Å². The molecule has 0 bridgehead atoms. The Morgan fingerprint density at radius 2 is 1.85 bits per heavy atom. The van der Waals surface area contributed by atoms with Crippen LogP contribution in [0.3, 0.4) is 0 Å². The highest BCUT2D eigenvalue weighted by Gasteiger charge is 2.14. The lowest BCUT2D eigenvalue weighted by Gasteiger charge is -2.14. The number of hydrogen-bond acceptors (Lipinski definition) is 2. The third kappa shape index (κ3) is 5.05. The van der Waals surface area contributed by atoms with Crippen LogP contribution in [0.2, 0.25) is 0 Å². The van der Waals surface area contributed by atoms with Crippen molar-refractivity contribution in [2.75, 3.05) is 0 Å². The van der Waals surface area contributed by atoms with Crippen molar-refractivity contribution in [3.05, 3.63) is 0 Å². The molecule has 2 amide bonds. The first-order valence-corrected chi connectivity index (χ1v) is 4.27. The van der Waals surface area contributed by atoms with Crippen molar-refractivity contribution in [1.29, 1.82) is 0 Å². The number of carbonyl (C=O) groups is 2. The largest absolute Gasteiger partial charge is 0.480 e. The molecule has 0 aliphatic rings. The van der Waals surface area contributed by atoms with Gasteiger partial charge in [-0.2, -0.15) is 0 Å². The number of carbonyl (C=O) groups excluding carboxylic acids is 1. The SMILES string of the molecule is CCC(C)NC(=O)NC(C)C(=O)O. The number of nitrogens with one attached hydrogen (secondary N) is 2. The molecule has 0 saturated heterocycles. The molecule has 0 fully saturated rings. The van der Waals surface area contributed by atoms with Crippen molar-refractivity contribution in [3.8, 4) is 0 Å². The summed E-state index contributed by atoms with van der Waals surface area (Å²) in [6, 6.07) is -1.24. The van der Waals surface area contributed by atoms with Crippen molar-refractivity contribution < 1.29 is 14.7 Å². The molecule has 0 saturated carbocycles. The van der Waals surface area contributed by atoms with Crippen LogP contribution in [0.25, 0.3) is 0 Å². The Kier molecular flexibility index (Phi) is 4.87. The molecule has 5 heteroatoms. The van der Waals surface area contributed by atoms with Gasteiger partial charge < -0.3 is 15.7 Å². The number of carboxylic acid groups (broad SMARTS) is 1. The lowest BCUT2D eigenvalue weighted by Crippen LogP contribution is -2.46. The Balaban J connectivity index is 3.81. The molecule has 0 spiro atoms. The minimum Gasteiger partial charge on any atom is -0.480 e. The van der Waals surface area contributed by atoms with E-state index in [1.807, 2.05) is 13.8 Å². The van der Waals surface area contributed by atoms with E-state index in [0.29, 0.717) is 0 Å². The van der Waals surface area contributed by atoms with Gasteiger partial charge in [-0.1, -0.05) is 6.92 Å². The van der Waals surface area contributed by atoms with E-state index in [1.165, 1.54) is 6.92 Å². The highest BCUT2D eigenvalue weighted by molar-refractivity contribution is 5.82. The van der Waals surface area contributed by atoms with Gasteiger partial charge in [-0.05, 0) is 20.3 Å². The van der Waals surface area contributed by atoms with Gasteiger partial charge in [0.1, 0.15) is 6.04 Å². The summed E-state index contributed by atoms with van der Waals surface area (Å²) in [5.74, 6) is -1.04. The lowest BCUT2D eigenvalue weighted by molar-refractivity contribution is -0.138. The predicted molar refractivity (Wildman–Crippen MR) is 48.5 cm³/mol. The Bertz CT molecular complexity index is 194. The summed E-state index contributed by atoms with van der Waals surface area (Å²) in [4.78, 5) is 21.4. The Morgan fingerprint density at radius 3 is 2.23 bits per heavy atom. The van der Waals surface area contributed by atoms with E-state index in [2.05, 4.69) is 10.6 Å². The molecule has 2 unspecified atom stereocenters. The van der Waals surface area contributed by atoms with Crippen LogP contribution in [0, 0.1) is 0 Å². The molecular weight excluding hydrogens is 172 g/mol. The molecule has 0 aromatic carbocycles. The van der Waals surface area contributed by atoms with Crippen LogP contribution in [-0.4, -0.2) is 29.2 Å². The molecule has 5 nitrogen and oxygen atoms in total. The minimum absolute atomic E-state index is 0.0565. The van der Waals surface area contributed by atoms with Crippen LogP contribution in [0.5, 0.6) is 0 Å². The summed E-state index contributed by atoms with van der Waals surface area (Å²) < 4.78 is 0. The molecule has 0 rings (SSSR count). The monoisotopic (exact) mass is 188 g/mol. The molecule has 13 heavy (non-hydrogen) atoms. The summed E-state index contributed by atoms with van der Waals surface area (Å²) in [6.45, 7) is 5.20. The first-order chi connectivity index (χ1) is 5.97. The second kappa shape index (κ2) is 5.40. The van der Waals surface area contributed by atoms with Crippen LogP contribution in [-0.2, 0) is 4.79 Å². The highest BCUT2D eigenvalue weighted by atomic mass is 16.4. The Hall–Kier alpha value is -1.26. The number of hydrogen-bond donors (Lipinski definition) is 3. The number of amides is 2. The fraction of sp³-hybridized carbons (Fsp3) is 0.750. The maximum absolute atomic E-state index is 11.0. The van der Waals surface area contributed by atoms with Gasteiger partial charge in [-0.3, -0.25) is 4.79 Å².